The van der Waals surface area contributed by atoms with Crippen LogP contribution in [0.25, 0.3) is 0 Å². The third-order valence-electron chi connectivity index (χ3n) is 1.27. The van der Waals surface area contributed by atoms with E-state index in [9.17, 15) is 4.79 Å². The maximum atomic E-state index is 9.72. The van der Waals surface area contributed by atoms with E-state index in [-0.39, 0.29) is 11.2 Å². The van der Waals surface area contributed by atoms with Gasteiger partial charge in [0.1, 0.15) is 0 Å². The fourth-order valence-electron chi connectivity index (χ4n) is 1.22. The van der Waals surface area contributed by atoms with Crippen molar-refractivity contribution in [2.45, 2.75) is 59.2 Å². The monoisotopic (exact) mass is 248 g/mol. The molecule has 0 spiro atoms. The molecule has 4 N–H and O–H groups in total. The summed E-state index contributed by atoms with van der Waals surface area (Å²) in [6, 6.07) is 0. The Bertz CT molecular complexity index is 193. The molecule has 0 radical (unpaired) electrons. The molecule has 0 atom stereocenters. The van der Waals surface area contributed by atoms with Crippen LogP contribution in [0.15, 0.2) is 0 Å². The van der Waals surface area contributed by atoms with E-state index in [4.69, 9.17) is 15.6 Å². The molecule has 0 saturated heterocycles. The third kappa shape index (κ3) is 25.5. The summed E-state index contributed by atoms with van der Waals surface area (Å²) in [5.41, 5.74) is 5.05. The predicted octanol–water partition coefficient (Wildman–Crippen LogP) is 2.20. The fourth-order valence-corrected chi connectivity index (χ4v) is 1.22. The first-order valence-corrected chi connectivity index (χ1v) is 5.85. The molecule has 0 heterocycles. The average Bonchev–Trinajstić information content (AvgIpc) is 1.97. The summed E-state index contributed by atoms with van der Waals surface area (Å²) in [4.78, 5) is 9.72. The van der Waals surface area contributed by atoms with Gasteiger partial charge < -0.3 is 20.9 Å². The van der Waals surface area contributed by atoms with Gasteiger partial charge in [0, 0.05) is 6.54 Å². The van der Waals surface area contributed by atoms with E-state index in [1.165, 1.54) is 0 Å². The quantitative estimate of drug-likeness (QED) is 0.668. The highest BCUT2D eigenvalue weighted by Gasteiger charge is 2.19. The van der Waals surface area contributed by atoms with Gasteiger partial charge in [0.15, 0.2) is 0 Å². The Hall–Kier alpha value is -0.810. The number of hydrogen-bond donors (Lipinski definition) is 3. The molecule has 0 saturated carbocycles. The zero-order valence-electron chi connectivity index (χ0n) is 12.0. The van der Waals surface area contributed by atoms with Gasteiger partial charge in [0.2, 0.25) is 0 Å². The predicted molar refractivity (Wildman–Crippen MR) is 70.3 cm³/mol. The van der Waals surface area contributed by atoms with Crippen LogP contribution in [-0.4, -0.2) is 35.5 Å². The zero-order valence-corrected chi connectivity index (χ0v) is 12.0. The Morgan fingerprint density at radius 3 is 1.76 bits per heavy atom. The third-order valence-corrected chi connectivity index (χ3v) is 1.27. The van der Waals surface area contributed by atoms with E-state index < -0.39 is 6.09 Å². The summed E-state index contributed by atoms with van der Waals surface area (Å²) in [7, 11) is 0. The van der Waals surface area contributed by atoms with Crippen LogP contribution in [0.4, 0.5) is 4.79 Å². The number of carboxylic acid groups (broad SMARTS) is 1. The highest BCUT2D eigenvalue weighted by molar-refractivity contribution is 5.64. The molecule has 0 aromatic rings. The van der Waals surface area contributed by atoms with E-state index in [2.05, 4.69) is 46.9 Å². The van der Waals surface area contributed by atoms with Gasteiger partial charge in [-0.3, -0.25) is 0 Å². The first kappa shape index (κ1) is 18.6. The Morgan fingerprint density at radius 2 is 1.59 bits per heavy atom. The van der Waals surface area contributed by atoms with Crippen LogP contribution in [0.5, 0.6) is 0 Å². The lowest BCUT2D eigenvalue weighted by Gasteiger charge is -2.30. The summed E-state index contributed by atoms with van der Waals surface area (Å²) >= 11 is 0. The van der Waals surface area contributed by atoms with Crippen LogP contribution < -0.4 is 11.1 Å². The van der Waals surface area contributed by atoms with Gasteiger partial charge >= 0.3 is 6.09 Å². The van der Waals surface area contributed by atoms with Crippen LogP contribution in [0.1, 0.15) is 48.0 Å². The SMILES string of the molecule is CC(C)(C)OC(C)(C)C.NCCCNC(=O)O. The molecule has 5 nitrogen and oxygen atoms in total. The molecule has 0 aliphatic heterocycles. The van der Waals surface area contributed by atoms with Gasteiger partial charge in [-0.15, -0.1) is 0 Å². The standard InChI is InChI=1S/C8H18O.C4H10N2O2/c1-7(2,3)9-8(4,5)6;5-2-1-3-6-4(7)8/h1-6H3;6H,1-3,5H2,(H,7,8). The summed E-state index contributed by atoms with van der Waals surface area (Å²) < 4.78 is 5.62. The van der Waals surface area contributed by atoms with E-state index in [0.29, 0.717) is 19.5 Å². The summed E-state index contributed by atoms with van der Waals surface area (Å²) in [6.07, 6.45) is -0.287. The molecule has 1 amide bonds. The Labute approximate surface area is 105 Å². The maximum absolute atomic E-state index is 9.72. The Kier molecular flexibility index (Phi) is 9.06. The molecule has 104 valence electrons. The topological polar surface area (TPSA) is 84.6 Å². The van der Waals surface area contributed by atoms with Crippen molar-refractivity contribution in [2.75, 3.05) is 13.1 Å². The number of hydrogen-bond acceptors (Lipinski definition) is 3. The smallest absolute Gasteiger partial charge is 0.404 e. The van der Waals surface area contributed by atoms with Gasteiger partial charge in [-0.1, -0.05) is 0 Å². The normalized spacial score (nSPS) is 11.5. The second-order valence-electron chi connectivity index (χ2n) is 5.70. The molecule has 17 heavy (non-hydrogen) atoms. The van der Waals surface area contributed by atoms with Crippen molar-refractivity contribution in [3.05, 3.63) is 0 Å². The molecule has 0 rings (SSSR count). The van der Waals surface area contributed by atoms with Gasteiger partial charge in [-0.05, 0) is 54.5 Å². The number of rotatable bonds is 3. The van der Waals surface area contributed by atoms with Crippen LogP contribution in [-0.2, 0) is 4.74 Å². The minimum atomic E-state index is -0.988. The lowest BCUT2D eigenvalue weighted by atomic mass is 10.1. The highest BCUT2D eigenvalue weighted by atomic mass is 16.5. The van der Waals surface area contributed by atoms with Crippen LogP contribution in [0.3, 0.4) is 0 Å². The molecular weight excluding hydrogens is 220 g/mol. The number of nitrogens with two attached hydrogens (primary N) is 1. The second-order valence-corrected chi connectivity index (χ2v) is 5.70. The van der Waals surface area contributed by atoms with Crippen molar-refractivity contribution >= 4 is 6.09 Å². The molecule has 0 bridgehead atoms. The van der Waals surface area contributed by atoms with E-state index in [0.717, 1.165) is 0 Å². The van der Waals surface area contributed by atoms with Crippen LogP contribution in [0, 0.1) is 0 Å². The molecule has 0 aromatic heterocycles. The van der Waals surface area contributed by atoms with Gasteiger partial charge in [-0.2, -0.15) is 0 Å². The molecule has 0 aliphatic carbocycles. The number of ether oxygens (including phenoxy) is 1. The largest absolute Gasteiger partial charge is 0.465 e. The molecule has 0 unspecified atom stereocenters. The number of amides is 1. The molecule has 0 aromatic carbocycles. The molecule has 0 aliphatic rings. The minimum absolute atomic E-state index is 0.0156. The van der Waals surface area contributed by atoms with Crippen molar-refractivity contribution in [3.63, 3.8) is 0 Å². The highest BCUT2D eigenvalue weighted by Crippen LogP contribution is 2.17. The summed E-state index contributed by atoms with van der Waals surface area (Å²) in [6.45, 7) is 13.4. The van der Waals surface area contributed by atoms with Gasteiger partial charge in [0.25, 0.3) is 0 Å². The molecule has 5 heteroatoms. The Morgan fingerprint density at radius 1 is 1.18 bits per heavy atom. The number of carbonyl (C=O) groups is 1. The number of nitrogens with one attached hydrogen (secondary N) is 1. The second kappa shape index (κ2) is 8.31. The van der Waals surface area contributed by atoms with Crippen molar-refractivity contribution in [1.29, 1.82) is 0 Å². The maximum Gasteiger partial charge on any atom is 0.404 e. The first-order valence-electron chi connectivity index (χ1n) is 5.85. The summed E-state index contributed by atoms with van der Waals surface area (Å²) in [5, 5.41) is 10.2. The molecule has 0 fully saturated rings. The van der Waals surface area contributed by atoms with Crippen LogP contribution in [0.2, 0.25) is 0 Å². The van der Waals surface area contributed by atoms with Crippen molar-refractivity contribution < 1.29 is 14.6 Å². The first-order chi connectivity index (χ1) is 7.48. The zero-order chi connectivity index (χ0) is 14.1. The van der Waals surface area contributed by atoms with Crippen molar-refractivity contribution in [1.82, 2.24) is 5.32 Å². The summed E-state index contributed by atoms with van der Waals surface area (Å²) in [5.74, 6) is 0. The fraction of sp³-hybridized carbons (Fsp3) is 0.917. The van der Waals surface area contributed by atoms with E-state index in [1.807, 2.05) is 0 Å². The van der Waals surface area contributed by atoms with Gasteiger partial charge in [-0.25, -0.2) is 4.79 Å². The Balaban J connectivity index is 0. The van der Waals surface area contributed by atoms with E-state index in [1.54, 1.807) is 0 Å². The minimum Gasteiger partial charge on any atom is -0.465 e. The van der Waals surface area contributed by atoms with Crippen molar-refractivity contribution in [2.24, 2.45) is 5.73 Å². The van der Waals surface area contributed by atoms with E-state index >= 15 is 0 Å². The van der Waals surface area contributed by atoms with Gasteiger partial charge in [0.05, 0.1) is 11.2 Å². The lowest BCUT2D eigenvalue weighted by Crippen LogP contribution is -2.31. The van der Waals surface area contributed by atoms with Crippen molar-refractivity contribution in [3.8, 4) is 0 Å². The average molecular weight is 248 g/mol. The molecular formula is C12H28N2O3. The van der Waals surface area contributed by atoms with Crippen LogP contribution >= 0.6 is 0 Å². The lowest BCUT2D eigenvalue weighted by molar-refractivity contribution is -0.102.